The number of aromatic nitrogens is 3. The van der Waals surface area contributed by atoms with Gasteiger partial charge in [0.25, 0.3) is 5.91 Å². The van der Waals surface area contributed by atoms with Crippen LogP contribution in [-0.2, 0) is 10.9 Å². The Balaban J connectivity index is 1.56. The number of hydrogen-bond acceptors (Lipinski definition) is 6. The summed E-state index contributed by atoms with van der Waals surface area (Å²) in [4.78, 5) is 20.6. The van der Waals surface area contributed by atoms with Crippen LogP contribution in [-0.4, -0.2) is 63.0 Å². The molecule has 0 unspecified atom stereocenters. The first-order valence-corrected chi connectivity index (χ1v) is 10.5. The molecule has 1 amide bonds. The molecule has 3 aromatic heterocycles. The van der Waals surface area contributed by atoms with Crippen molar-refractivity contribution < 1.29 is 32.2 Å². The number of carbonyl (C=O) groups is 1. The van der Waals surface area contributed by atoms with Crippen LogP contribution in [0, 0.1) is 5.82 Å². The van der Waals surface area contributed by atoms with Crippen LogP contribution in [0.25, 0.3) is 16.7 Å². The standard InChI is InChI=1S/C22H23F4N5O3/c1-21(2,33)11-34-18-10-27-9-16(18)30-20(32)15-6-17-12(7-28-15)3-4-31(17)19-14(23)5-13(8-29-19)22(24,25)26/h3-8,16,18,27,33H,9-11H2,1-2H3,(H,30,32)/t16-,18-/m1/s1. The molecule has 2 atom stereocenters. The van der Waals surface area contributed by atoms with Gasteiger partial charge in [0, 0.05) is 37.1 Å². The van der Waals surface area contributed by atoms with E-state index in [1.54, 1.807) is 19.9 Å². The average Bonchev–Trinajstić information content (AvgIpc) is 3.37. The van der Waals surface area contributed by atoms with Crippen LogP contribution in [0.1, 0.15) is 29.9 Å². The number of fused-ring (bicyclic) bond motifs is 1. The minimum atomic E-state index is -4.72. The molecule has 1 aliphatic heterocycles. The van der Waals surface area contributed by atoms with Crippen molar-refractivity contribution in [2.75, 3.05) is 19.7 Å². The minimum absolute atomic E-state index is 0.0351. The normalized spacial score (nSPS) is 19.0. The molecule has 34 heavy (non-hydrogen) atoms. The second-order valence-electron chi connectivity index (χ2n) is 8.74. The third-order valence-electron chi connectivity index (χ3n) is 5.31. The highest BCUT2D eigenvalue weighted by Gasteiger charge is 2.33. The maximum atomic E-state index is 14.5. The van der Waals surface area contributed by atoms with E-state index in [-0.39, 0.29) is 30.3 Å². The van der Waals surface area contributed by atoms with Crippen LogP contribution in [0.2, 0.25) is 0 Å². The summed E-state index contributed by atoms with van der Waals surface area (Å²) >= 11 is 0. The number of ether oxygens (including phenoxy) is 1. The number of nitrogens with zero attached hydrogens (tertiary/aromatic N) is 3. The summed E-state index contributed by atoms with van der Waals surface area (Å²) in [5.74, 6) is -1.99. The SMILES string of the molecule is CC(C)(O)CO[C@@H]1CNC[C@H]1NC(=O)c1cc2c(ccn2-c2ncc(C(F)(F)F)cc2F)cn1. The van der Waals surface area contributed by atoms with Crippen LogP contribution < -0.4 is 10.6 Å². The molecule has 0 aliphatic carbocycles. The fourth-order valence-electron chi connectivity index (χ4n) is 3.63. The van der Waals surface area contributed by atoms with E-state index >= 15 is 0 Å². The zero-order valence-corrected chi connectivity index (χ0v) is 18.4. The van der Waals surface area contributed by atoms with Crippen LogP contribution in [0.3, 0.4) is 0 Å². The van der Waals surface area contributed by atoms with Gasteiger partial charge in [-0.2, -0.15) is 13.2 Å². The molecule has 0 radical (unpaired) electrons. The van der Waals surface area contributed by atoms with Gasteiger partial charge in [0.15, 0.2) is 11.6 Å². The third kappa shape index (κ3) is 5.18. The molecule has 0 spiro atoms. The molecule has 1 fully saturated rings. The Labute approximate surface area is 192 Å². The highest BCUT2D eigenvalue weighted by atomic mass is 19.4. The Bertz CT molecular complexity index is 1210. The first-order valence-electron chi connectivity index (χ1n) is 10.5. The molecule has 1 saturated heterocycles. The van der Waals surface area contributed by atoms with Crippen LogP contribution in [0.15, 0.2) is 36.8 Å². The summed E-state index contributed by atoms with van der Waals surface area (Å²) in [7, 11) is 0. The van der Waals surface area contributed by atoms with Gasteiger partial charge in [0.1, 0.15) is 5.69 Å². The van der Waals surface area contributed by atoms with E-state index in [0.29, 0.717) is 36.3 Å². The monoisotopic (exact) mass is 481 g/mol. The van der Waals surface area contributed by atoms with E-state index in [1.807, 2.05) is 0 Å². The van der Waals surface area contributed by atoms with Gasteiger partial charge in [0.05, 0.1) is 35.4 Å². The van der Waals surface area contributed by atoms with Gasteiger partial charge in [-0.05, 0) is 32.0 Å². The molecule has 8 nitrogen and oxygen atoms in total. The van der Waals surface area contributed by atoms with E-state index < -0.39 is 29.1 Å². The predicted molar refractivity (Wildman–Crippen MR) is 114 cm³/mol. The first-order chi connectivity index (χ1) is 15.9. The number of halogens is 4. The summed E-state index contributed by atoms with van der Waals surface area (Å²) < 4.78 is 60.0. The highest BCUT2D eigenvalue weighted by Crippen LogP contribution is 2.30. The number of aliphatic hydroxyl groups is 1. The Morgan fingerprint density at radius 2 is 2.03 bits per heavy atom. The maximum absolute atomic E-state index is 14.5. The highest BCUT2D eigenvalue weighted by molar-refractivity contribution is 5.96. The quantitative estimate of drug-likeness (QED) is 0.468. The molecule has 4 heterocycles. The number of amides is 1. The molecular weight excluding hydrogens is 458 g/mol. The van der Waals surface area contributed by atoms with Crippen molar-refractivity contribution >= 4 is 16.8 Å². The molecule has 1 aliphatic rings. The molecule has 182 valence electrons. The van der Waals surface area contributed by atoms with E-state index in [0.717, 1.165) is 0 Å². The topological polar surface area (TPSA) is 101 Å². The molecule has 3 aromatic rings. The molecule has 0 aromatic carbocycles. The summed E-state index contributed by atoms with van der Waals surface area (Å²) in [6.07, 6.45) is -1.66. The van der Waals surface area contributed by atoms with Crippen LogP contribution in [0.4, 0.5) is 17.6 Å². The Morgan fingerprint density at radius 3 is 2.71 bits per heavy atom. The Hall–Kier alpha value is -3.09. The van der Waals surface area contributed by atoms with Gasteiger partial charge >= 0.3 is 6.18 Å². The lowest BCUT2D eigenvalue weighted by Crippen LogP contribution is -2.45. The lowest BCUT2D eigenvalue weighted by Gasteiger charge is -2.24. The molecule has 12 heteroatoms. The van der Waals surface area contributed by atoms with E-state index in [9.17, 15) is 27.5 Å². The summed E-state index contributed by atoms with van der Waals surface area (Å²) in [6.45, 7) is 4.28. The van der Waals surface area contributed by atoms with Crippen molar-refractivity contribution in [3.63, 3.8) is 0 Å². The Morgan fingerprint density at radius 1 is 1.26 bits per heavy atom. The van der Waals surface area contributed by atoms with Gasteiger partial charge in [-0.3, -0.25) is 14.3 Å². The summed E-state index contributed by atoms with van der Waals surface area (Å²) in [5, 5.41) is 16.4. The van der Waals surface area contributed by atoms with Gasteiger partial charge in [0.2, 0.25) is 0 Å². The van der Waals surface area contributed by atoms with E-state index in [1.165, 1.54) is 23.0 Å². The van der Waals surface area contributed by atoms with Crippen LogP contribution >= 0.6 is 0 Å². The molecule has 4 rings (SSSR count). The molecule has 3 N–H and O–H groups in total. The third-order valence-corrected chi connectivity index (χ3v) is 5.31. The van der Waals surface area contributed by atoms with E-state index in [2.05, 4.69) is 20.6 Å². The molecule has 0 bridgehead atoms. The maximum Gasteiger partial charge on any atom is 0.417 e. The smallest absolute Gasteiger partial charge is 0.388 e. The van der Waals surface area contributed by atoms with Crippen molar-refractivity contribution in [2.24, 2.45) is 0 Å². The second kappa shape index (κ2) is 8.93. The lowest BCUT2D eigenvalue weighted by molar-refractivity contribution is -0.138. The largest absolute Gasteiger partial charge is 0.417 e. The number of alkyl halides is 3. The number of rotatable bonds is 6. The zero-order chi connectivity index (χ0) is 24.7. The molecule has 0 saturated carbocycles. The van der Waals surface area contributed by atoms with Gasteiger partial charge < -0.3 is 20.5 Å². The van der Waals surface area contributed by atoms with Gasteiger partial charge in [-0.1, -0.05) is 0 Å². The lowest BCUT2D eigenvalue weighted by atomic mass is 10.1. The Kier molecular flexibility index (Phi) is 6.32. The number of pyridine rings is 2. The second-order valence-corrected chi connectivity index (χ2v) is 8.74. The fourth-order valence-corrected chi connectivity index (χ4v) is 3.63. The number of carbonyl (C=O) groups excluding carboxylic acids is 1. The molecular formula is C22H23F4N5O3. The van der Waals surface area contributed by atoms with Crippen molar-refractivity contribution in [1.29, 1.82) is 0 Å². The number of nitrogens with one attached hydrogen (secondary N) is 2. The van der Waals surface area contributed by atoms with Crippen molar-refractivity contribution in [3.05, 3.63) is 53.9 Å². The van der Waals surface area contributed by atoms with Gasteiger partial charge in [-0.25, -0.2) is 9.37 Å². The zero-order valence-electron chi connectivity index (χ0n) is 18.4. The fraction of sp³-hybridized carbons (Fsp3) is 0.409. The van der Waals surface area contributed by atoms with Crippen LogP contribution in [0.5, 0.6) is 0 Å². The minimum Gasteiger partial charge on any atom is -0.388 e. The summed E-state index contributed by atoms with van der Waals surface area (Å²) in [6, 6.07) is 3.01. The predicted octanol–water partition coefficient (Wildman–Crippen LogP) is 2.44. The van der Waals surface area contributed by atoms with Crippen molar-refractivity contribution in [3.8, 4) is 5.82 Å². The average molecular weight is 481 g/mol. The first kappa shape index (κ1) is 24.0. The van der Waals surface area contributed by atoms with Crippen molar-refractivity contribution in [2.45, 2.75) is 37.8 Å². The van der Waals surface area contributed by atoms with Crippen molar-refractivity contribution in [1.82, 2.24) is 25.2 Å². The summed E-state index contributed by atoms with van der Waals surface area (Å²) in [5.41, 5.74) is -1.83. The van der Waals surface area contributed by atoms with E-state index in [4.69, 9.17) is 4.74 Å². The number of hydrogen-bond donors (Lipinski definition) is 3. The van der Waals surface area contributed by atoms with Gasteiger partial charge in [-0.15, -0.1) is 0 Å².